The fourth-order valence-electron chi connectivity index (χ4n) is 1.57. The lowest BCUT2D eigenvalue weighted by Crippen LogP contribution is -2.69. The normalized spacial score (nSPS) is 19.4. The fraction of sp³-hybridized carbons (Fsp3) is 0.889. The second-order valence-corrected chi connectivity index (χ2v) is 4.18. The molecule has 5 nitrogen and oxygen atoms in total. The first-order valence-corrected chi connectivity index (χ1v) is 4.86. The number of carboxylic acid groups (broad SMARTS) is 1. The van der Waals surface area contributed by atoms with Gasteiger partial charge in [0.05, 0.1) is 12.0 Å². The minimum absolute atomic E-state index is 0.202. The minimum atomic E-state index is -0.733. The van der Waals surface area contributed by atoms with E-state index in [1.54, 1.807) is 0 Å². The molecule has 14 heavy (non-hydrogen) atoms. The van der Waals surface area contributed by atoms with Gasteiger partial charge in [0.25, 0.3) is 0 Å². The highest BCUT2D eigenvalue weighted by Gasteiger charge is 2.38. The molecule has 0 aromatic rings. The Bertz CT molecular complexity index is 202. The minimum Gasteiger partial charge on any atom is -0.481 e. The van der Waals surface area contributed by atoms with Crippen LogP contribution < -0.4 is 10.6 Å². The maximum absolute atomic E-state index is 10.6. The van der Waals surface area contributed by atoms with Crippen LogP contribution in [0.1, 0.15) is 6.42 Å². The molecule has 0 aliphatic carbocycles. The van der Waals surface area contributed by atoms with Gasteiger partial charge >= 0.3 is 5.97 Å². The second-order valence-electron chi connectivity index (χ2n) is 4.18. The van der Waals surface area contributed by atoms with Crippen LogP contribution in [-0.4, -0.2) is 61.8 Å². The largest absolute Gasteiger partial charge is 0.481 e. The Morgan fingerprint density at radius 3 is 2.57 bits per heavy atom. The van der Waals surface area contributed by atoms with Gasteiger partial charge in [-0.1, -0.05) is 0 Å². The number of hydrogen-bond acceptors (Lipinski definition) is 4. The van der Waals surface area contributed by atoms with Crippen LogP contribution in [0.4, 0.5) is 0 Å². The monoisotopic (exact) mass is 201 g/mol. The van der Waals surface area contributed by atoms with Gasteiger partial charge in [-0.15, -0.1) is 0 Å². The molecule has 0 saturated carbocycles. The van der Waals surface area contributed by atoms with Crippen molar-refractivity contribution < 1.29 is 9.90 Å². The topological polar surface area (TPSA) is 64.6 Å². The Balaban J connectivity index is 2.27. The van der Waals surface area contributed by atoms with E-state index in [2.05, 4.69) is 15.5 Å². The number of aliphatic carboxylic acids is 1. The highest BCUT2D eigenvalue weighted by molar-refractivity contribution is 5.68. The Labute approximate surface area is 84.5 Å². The molecule has 1 aliphatic heterocycles. The standard InChI is InChI=1S/C9H19N3O2/c1-12(2)4-3-11-9(5-8(13)14)6-10-7-9/h10-11H,3-7H2,1-2H3,(H,13,14). The van der Waals surface area contributed by atoms with E-state index in [9.17, 15) is 4.79 Å². The summed E-state index contributed by atoms with van der Waals surface area (Å²) >= 11 is 0. The van der Waals surface area contributed by atoms with E-state index in [0.29, 0.717) is 0 Å². The molecular formula is C9H19N3O2. The third-order valence-electron chi connectivity index (χ3n) is 2.48. The molecular weight excluding hydrogens is 182 g/mol. The lowest BCUT2D eigenvalue weighted by molar-refractivity contribution is -0.139. The van der Waals surface area contributed by atoms with Crippen LogP contribution in [0.15, 0.2) is 0 Å². The van der Waals surface area contributed by atoms with Gasteiger partial charge in [0.1, 0.15) is 0 Å². The average molecular weight is 201 g/mol. The Kier molecular flexibility index (Phi) is 3.86. The summed E-state index contributed by atoms with van der Waals surface area (Å²) in [5.41, 5.74) is -0.207. The maximum atomic E-state index is 10.6. The summed E-state index contributed by atoms with van der Waals surface area (Å²) in [7, 11) is 4.01. The SMILES string of the molecule is CN(C)CCNC1(CC(=O)O)CNC1. The molecule has 1 aliphatic rings. The van der Waals surface area contributed by atoms with Crippen LogP contribution >= 0.6 is 0 Å². The van der Waals surface area contributed by atoms with Gasteiger partial charge in [-0.2, -0.15) is 0 Å². The molecule has 0 atom stereocenters. The number of hydrogen-bond donors (Lipinski definition) is 3. The number of nitrogens with one attached hydrogen (secondary N) is 2. The molecule has 0 spiro atoms. The molecule has 1 heterocycles. The zero-order valence-electron chi connectivity index (χ0n) is 8.84. The van der Waals surface area contributed by atoms with E-state index in [4.69, 9.17) is 5.11 Å². The van der Waals surface area contributed by atoms with E-state index in [-0.39, 0.29) is 12.0 Å². The van der Waals surface area contributed by atoms with Crippen molar-refractivity contribution in [3.8, 4) is 0 Å². The number of nitrogens with zero attached hydrogens (tertiary/aromatic N) is 1. The van der Waals surface area contributed by atoms with Crippen LogP contribution in [0.25, 0.3) is 0 Å². The van der Waals surface area contributed by atoms with Crippen molar-refractivity contribution in [2.24, 2.45) is 0 Å². The molecule has 3 N–H and O–H groups in total. The zero-order chi connectivity index (χ0) is 10.6. The highest BCUT2D eigenvalue weighted by atomic mass is 16.4. The summed E-state index contributed by atoms with van der Waals surface area (Å²) in [5.74, 6) is -0.733. The first-order valence-electron chi connectivity index (χ1n) is 4.86. The molecule has 1 saturated heterocycles. The van der Waals surface area contributed by atoms with Gasteiger partial charge < -0.3 is 20.6 Å². The van der Waals surface area contributed by atoms with Crippen LogP contribution in [-0.2, 0) is 4.79 Å². The predicted octanol–water partition coefficient (Wildman–Crippen LogP) is -1.05. The number of carboxylic acids is 1. The van der Waals surface area contributed by atoms with E-state index in [1.165, 1.54) is 0 Å². The Morgan fingerprint density at radius 1 is 1.57 bits per heavy atom. The summed E-state index contributed by atoms with van der Waals surface area (Å²) in [6.07, 6.45) is 0.202. The van der Waals surface area contributed by atoms with Crippen LogP contribution in [0.5, 0.6) is 0 Å². The average Bonchev–Trinajstić information content (AvgIpc) is 1.98. The van der Waals surface area contributed by atoms with E-state index >= 15 is 0 Å². The molecule has 0 bridgehead atoms. The third-order valence-corrected chi connectivity index (χ3v) is 2.48. The number of rotatable bonds is 6. The molecule has 82 valence electrons. The molecule has 5 heteroatoms. The van der Waals surface area contributed by atoms with Crippen molar-refractivity contribution in [3.05, 3.63) is 0 Å². The van der Waals surface area contributed by atoms with Crippen molar-refractivity contribution in [3.63, 3.8) is 0 Å². The molecule has 0 amide bonds. The van der Waals surface area contributed by atoms with Crippen molar-refractivity contribution in [2.75, 3.05) is 40.3 Å². The van der Waals surface area contributed by atoms with Crippen molar-refractivity contribution >= 4 is 5.97 Å². The van der Waals surface area contributed by atoms with Crippen LogP contribution in [0, 0.1) is 0 Å². The maximum Gasteiger partial charge on any atom is 0.305 e. The van der Waals surface area contributed by atoms with Gasteiger partial charge in [0.2, 0.25) is 0 Å². The van der Waals surface area contributed by atoms with Crippen molar-refractivity contribution in [2.45, 2.75) is 12.0 Å². The van der Waals surface area contributed by atoms with Crippen LogP contribution in [0.2, 0.25) is 0 Å². The van der Waals surface area contributed by atoms with Crippen molar-refractivity contribution in [1.82, 2.24) is 15.5 Å². The van der Waals surface area contributed by atoms with Gasteiger partial charge in [-0.25, -0.2) is 0 Å². The lowest BCUT2D eigenvalue weighted by Gasteiger charge is -2.42. The molecule has 0 radical (unpaired) electrons. The van der Waals surface area contributed by atoms with E-state index in [0.717, 1.165) is 26.2 Å². The molecule has 1 rings (SSSR count). The van der Waals surface area contributed by atoms with E-state index < -0.39 is 5.97 Å². The summed E-state index contributed by atoms with van der Waals surface area (Å²) in [4.78, 5) is 12.7. The first-order chi connectivity index (χ1) is 6.54. The van der Waals surface area contributed by atoms with E-state index in [1.807, 2.05) is 14.1 Å². The van der Waals surface area contributed by atoms with Crippen molar-refractivity contribution in [1.29, 1.82) is 0 Å². The van der Waals surface area contributed by atoms with Crippen LogP contribution in [0.3, 0.4) is 0 Å². The molecule has 1 fully saturated rings. The molecule has 0 aromatic carbocycles. The van der Waals surface area contributed by atoms with Gasteiger partial charge in [0.15, 0.2) is 0 Å². The smallest absolute Gasteiger partial charge is 0.305 e. The summed E-state index contributed by atoms with van der Waals surface area (Å²) in [6.45, 7) is 3.28. The van der Waals surface area contributed by atoms with Gasteiger partial charge in [-0.05, 0) is 14.1 Å². The highest BCUT2D eigenvalue weighted by Crippen LogP contribution is 2.15. The fourth-order valence-corrected chi connectivity index (χ4v) is 1.57. The summed E-state index contributed by atoms with van der Waals surface area (Å²) < 4.78 is 0. The van der Waals surface area contributed by atoms with Gasteiger partial charge in [0, 0.05) is 26.2 Å². The first kappa shape index (κ1) is 11.4. The zero-order valence-corrected chi connectivity index (χ0v) is 8.84. The molecule has 0 aromatic heterocycles. The number of likely N-dealkylation sites (N-methyl/N-ethyl adjacent to an activating group) is 1. The predicted molar refractivity (Wildman–Crippen MR) is 54.4 cm³/mol. The van der Waals surface area contributed by atoms with Gasteiger partial charge in [-0.3, -0.25) is 4.79 Å². The third kappa shape index (κ3) is 3.25. The summed E-state index contributed by atoms with van der Waals surface area (Å²) in [5, 5.41) is 15.2. The lowest BCUT2D eigenvalue weighted by atomic mass is 9.88. The number of carbonyl (C=O) groups is 1. The summed E-state index contributed by atoms with van der Waals surface area (Å²) in [6, 6.07) is 0. The second kappa shape index (κ2) is 4.72. The quantitative estimate of drug-likeness (QED) is 0.512. The Hall–Kier alpha value is -0.650. The Morgan fingerprint density at radius 2 is 2.21 bits per heavy atom. The molecule has 0 unspecified atom stereocenters.